The van der Waals surface area contributed by atoms with Gasteiger partial charge in [-0.1, -0.05) is 54.1 Å². The van der Waals surface area contributed by atoms with Crippen molar-refractivity contribution >= 4 is 45.6 Å². The molecule has 3 heterocycles. The molecule has 2 aromatic heterocycles. The summed E-state index contributed by atoms with van der Waals surface area (Å²) in [6.45, 7) is 2.64. The minimum Gasteiger partial charge on any atom is -0.309 e. The molecular weight excluding hydrogens is 420 g/mol. The third kappa shape index (κ3) is 3.59. The number of halogens is 1. The molecule has 0 N–H and O–H groups in total. The molecule has 1 aliphatic rings. The zero-order valence-corrected chi connectivity index (χ0v) is 18.8. The summed E-state index contributed by atoms with van der Waals surface area (Å²) < 4.78 is 0. The van der Waals surface area contributed by atoms with Crippen LogP contribution in [-0.2, 0) is 12.8 Å². The number of carbonyl (C=O) groups is 1. The van der Waals surface area contributed by atoms with E-state index in [9.17, 15) is 4.79 Å². The second kappa shape index (κ2) is 8.24. The van der Waals surface area contributed by atoms with Crippen LogP contribution in [0, 0.1) is 0 Å². The van der Waals surface area contributed by atoms with Gasteiger partial charge in [-0.25, -0.2) is 9.97 Å². The lowest BCUT2D eigenvalue weighted by molar-refractivity contribution is 0.0994. The van der Waals surface area contributed by atoms with Crippen molar-refractivity contribution in [1.82, 2.24) is 9.97 Å². The number of hydrogen-bond acceptors (Lipinski definition) is 4. The molecule has 160 valence electrons. The van der Waals surface area contributed by atoms with Crippen LogP contribution >= 0.6 is 11.6 Å². The number of benzene rings is 2. The van der Waals surface area contributed by atoms with Gasteiger partial charge in [0.05, 0.1) is 11.3 Å². The van der Waals surface area contributed by atoms with Gasteiger partial charge >= 0.3 is 0 Å². The quantitative estimate of drug-likeness (QED) is 0.374. The second-order valence-electron chi connectivity index (χ2n) is 7.98. The van der Waals surface area contributed by atoms with Crippen molar-refractivity contribution in [3.05, 3.63) is 88.7 Å². The highest BCUT2D eigenvalue weighted by Crippen LogP contribution is 2.38. The van der Waals surface area contributed by atoms with Gasteiger partial charge in [-0.2, -0.15) is 0 Å². The number of aryl methyl sites for hydroxylation is 2. The second-order valence-corrected chi connectivity index (χ2v) is 8.37. The average Bonchev–Trinajstić information content (AvgIpc) is 2.90. The Labute approximate surface area is 192 Å². The predicted molar refractivity (Wildman–Crippen MR) is 130 cm³/mol. The summed E-state index contributed by atoms with van der Waals surface area (Å²) in [5.74, 6) is 1.17. The number of anilines is 3. The van der Waals surface area contributed by atoms with E-state index in [0.717, 1.165) is 24.1 Å². The number of fused-ring (bicyclic) bond motifs is 3. The average molecular weight is 443 g/mol. The van der Waals surface area contributed by atoms with Crippen molar-refractivity contribution in [3.63, 3.8) is 0 Å². The Bertz CT molecular complexity index is 1340. The lowest BCUT2D eigenvalue weighted by Gasteiger charge is -2.23. The Morgan fingerprint density at radius 2 is 1.69 bits per heavy atom. The topological polar surface area (TPSA) is 49.3 Å². The van der Waals surface area contributed by atoms with Gasteiger partial charge in [0.15, 0.2) is 5.82 Å². The van der Waals surface area contributed by atoms with Crippen molar-refractivity contribution in [3.8, 4) is 0 Å². The van der Waals surface area contributed by atoms with E-state index in [1.807, 2.05) is 30.2 Å². The zero-order chi connectivity index (χ0) is 22.2. The summed E-state index contributed by atoms with van der Waals surface area (Å²) in [6.07, 6.45) is 3.55. The Hall–Kier alpha value is -3.44. The van der Waals surface area contributed by atoms with Gasteiger partial charge in [0.25, 0.3) is 5.91 Å². The molecule has 32 heavy (non-hydrogen) atoms. The number of nitrogens with zero attached hydrogens (tertiary/aromatic N) is 4. The normalized spacial score (nSPS) is 13.2. The van der Waals surface area contributed by atoms with Crippen molar-refractivity contribution in [2.45, 2.75) is 19.8 Å². The first-order valence-electron chi connectivity index (χ1n) is 10.7. The molecule has 5 rings (SSSR count). The van der Waals surface area contributed by atoms with Gasteiger partial charge in [-0.3, -0.25) is 4.79 Å². The fraction of sp³-hybridized carbons (Fsp3) is 0.192. The minimum absolute atomic E-state index is 0.0959. The van der Waals surface area contributed by atoms with Crippen molar-refractivity contribution < 1.29 is 4.79 Å². The number of carbonyl (C=O) groups excluding carboxylic acids is 1. The molecule has 0 unspecified atom stereocenters. The number of aromatic nitrogens is 2. The summed E-state index contributed by atoms with van der Waals surface area (Å²) in [5.41, 5.74) is 3.60. The van der Waals surface area contributed by atoms with Crippen LogP contribution in [0.2, 0.25) is 5.15 Å². The molecule has 1 aliphatic heterocycles. The Kier molecular flexibility index (Phi) is 5.27. The lowest BCUT2D eigenvalue weighted by Crippen LogP contribution is -2.25. The molecule has 0 atom stereocenters. The summed E-state index contributed by atoms with van der Waals surface area (Å²) in [4.78, 5) is 26.1. The molecule has 0 radical (unpaired) electrons. The monoisotopic (exact) mass is 442 g/mol. The van der Waals surface area contributed by atoms with E-state index in [0.29, 0.717) is 28.9 Å². The lowest BCUT2D eigenvalue weighted by atomic mass is 10.0. The van der Waals surface area contributed by atoms with Crippen molar-refractivity contribution in [2.75, 3.05) is 23.4 Å². The molecule has 0 saturated carbocycles. The number of rotatable bonds is 4. The molecule has 5 nitrogen and oxygen atoms in total. The van der Waals surface area contributed by atoms with Crippen LogP contribution in [-0.4, -0.2) is 29.5 Å². The van der Waals surface area contributed by atoms with Crippen molar-refractivity contribution in [2.24, 2.45) is 0 Å². The third-order valence-electron chi connectivity index (χ3n) is 5.98. The first-order chi connectivity index (χ1) is 15.5. The Morgan fingerprint density at radius 3 is 2.50 bits per heavy atom. The SMILES string of the molecule is CCN1c2ncc(CCc3ccc4ccccc4c3)cc2C(=O)N(C)c2ccc(Cl)nc21. The van der Waals surface area contributed by atoms with Crippen LogP contribution in [0.4, 0.5) is 17.3 Å². The summed E-state index contributed by atoms with van der Waals surface area (Å²) in [6, 6.07) is 20.4. The van der Waals surface area contributed by atoms with Gasteiger partial charge in [0.2, 0.25) is 0 Å². The summed E-state index contributed by atoms with van der Waals surface area (Å²) in [5, 5.41) is 2.87. The smallest absolute Gasteiger partial charge is 0.261 e. The zero-order valence-electron chi connectivity index (χ0n) is 18.0. The van der Waals surface area contributed by atoms with Gasteiger partial charge in [-0.15, -0.1) is 0 Å². The van der Waals surface area contributed by atoms with Gasteiger partial charge in [0.1, 0.15) is 11.0 Å². The molecule has 0 spiro atoms. The van der Waals surface area contributed by atoms with E-state index >= 15 is 0 Å². The number of amides is 1. The van der Waals surface area contributed by atoms with Crippen molar-refractivity contribution in [1.29, 1.82) is 0 Å². The maximum Gasteiger partial charge on any atom is 0.261 e. The highest BCUT2D eigenvalue weighted by molar-refractivity contribution is 6.29. The third-order valence-corrected chi connectivity index (χ3v) is 6.19. The Morgan fingerprint density at radius 1 is 0.906 bits per heavy atom. The maximum atomic E-state index is 13.3. The van der Waals surface area contributed by atoms with E-state index < -0.39 is 0 Å². The van der Waals surface area contributed by atoms with Crippen LogP contribution in [0.25, 0.3) is 10.8 Å². The molecule has 6 heteroatoms. The van der Waals surface area contributed by atoms with Crippen LogP contribution in [0.1, 0.15) is 28.4 Å². The van der Waals surface area contributed by atoms with E-state index in [-0.39, 0.29) is 5.91 Å². The molecule has 0 saturated heterocycles. The first-order valence-corrected chi connectivity index (χ1v) is 11.1. The Balaban J connectivity index is 1.47. The van der Waals surface area contributed by atoms with Crippen LogP contribution in [0.3, 0.4) is 0 Å². The van der Waals surface area contributed by atoms with E-state index in [1.165, 1.54) is 16.3 Å². The highest BCUT2D eigenvalue weighted by Gasteiger charge is 2.30. The summed E-state index contributed by atoms with van der Waals surface area (Å²) in [7, 11) is 1.77. The van der Waals surface area contributed by atoms with Crippen LogP contribution < -0.4 is 9.80 Å². The fourth-order valence-corrected chi connectivity index (χ4v) is 4.40. The van der Waals surface area contributed by atoms with E-state index in [2.05, 4.69) is 47.4 Å². The fourth-order valence-electron chi connectivity index (χ4n) is 4.26. The van der Waals surface area contributed by atoms with Crippen LogP contribution in [0.5, 0.6) is 0 Å². The molecule has 0 aliphatic carbocycles. The largest absolute Gasteiger partial charge is 0.309 e. The van der Waals surface area contributed by atoms with Gasteiger partial charge in [-0.05, 0) is 59.9 Å². The highest BCUT2D eigenvalue weighted by atomic mass is 35.5. The van der Waals surface area contributed by atoms with Gasteiger partial charge in [0, 0.05) is 19.8 Å². The molecule has 2 aromatic carbocycles. The van der Waals surface area contributed by atoms with E-state index in [4.69, 9.17) is 16.6 Å². The standard InChI is InChI=1S/C26H23ClN4O/c1-3-31-24-21(26(32)30(2)22-12-13-23(27)29-25(22)31)15-18(16-28-24)9-8-17-10-11-19-6-4-5-7-20(19)14-17/h4-7,10-16H,3,8-9H2,1-2H3. The maximum absolute atomic E-state index is 13.3. The molecule has 0 fully saturated rings. The molecule has 0 bridgehead atoms. The van der Waals surface area contributed by atoms with Gasteiger partial charge < -0.3 is 9.80 Å². The summed E-state index contributed by atoms with van der Waals surface area (Å²) >= 11 is 6.16. The minimum atomic E-state index is -0.0959. The number of pyridine rings is 2. The van der Waals surface area contributed by atoms with E-state index in [1.54, 1.807) is 18.0 Å². The molecular formula is C26H23ClN4O. The first kappa shape index (κ1) is 20.5. The number of hydrogen-bond donors (Lipinski definition) is 0. The molecule has 4 aromatic rings. The van der Waals surface area contributed by atoms with Crippen LogP contribution in [0.15, 0.2) is 66.9 Å². The molecule has 1 amide bonds. The predicted octanol–water partition coefficient (Wildman–Crippen LogP) is 5.82.